The standard InChI is InChI=1S/C41H60N6O13/c1-8-9-14-26(22-48)42-37(57)28(19-23(2)3)46-40(60)35(41(5,6)7)47-39(59)29(20-25-13-11-10-12-24(25)4)45-36(56)27(15-17-32(50)51)44-38(58)30(21-34(54)55)43-31(49)16-18-33(52)53/h8,10-13,22-23,26-30,35H,1,9,14-21H2,2-7H3,(H,42,57)(H,43,49)(H,44,58)(H,45,56)(H,46,60)(H,47,59)(H,50,51)(H,52,53)(H,54,55)/t26?,27-,28-,29-,30-,35+/m0/s1. The molecule has 1 unspecified atom stereocenters. The largest absolute Gasteiger partial charge is 0.481 e. The maximum atomic E-state index is 14.2. The molecule has 6 atom stereocenters. The first kappa shape index (κ1) is 51.9. The lowest BCUT2D eigenvalue weighted by atomic mass is 9.85. The van der Waals surface area contributed by atoms with Crippen molar-refractivity contribution in [3.63, 3.8) is 0 Å². The summed E-state index contributed by atoms with van der Waals surface area (Å²) in [5, 5.41) is 42.6. The van der Waals surface area contributed by atoms with Crippen LogP contribution in [0.5, 0.6) is 0 Å². The zero-order valence-electron chi connectivity index (χ0n) is 35.0. The fourth-order valence-corrected chi connectivity index (χ4v) is 5.85. The van der Waals surface area contributed by atoms with Crippen LogP contribution in [0.3, 0.4) is 0 Å². The molecule has 0 saturated carbocycles. The summed E-state index contributed by atoms with van der Waals surface area (Å²) in [6.45, 7) is 14.0. The van der Waals surface area contributed by atoms with Gasteiger partial charge in [-0.1, -0.05) is 65.0 Å². The van der Waals surface area contributed by atoms with E-state index in [1.165, 1.54) is 0 Å². The highest BCUT2D eigenvalue weighted by molar-refractivity contribution is 5.97. The monoisotopic (exact) mass is 844 g/mol. The molecule has 0 spiro atoms. The molecule has 1 aromatic carbocycles. The maximum Gasteiger partial charge on any atom is 0.305 e. The smallest absolute Gasteiger partial charge is 0.305 e. The van der Waals surface area contributed by atoms with Crippen molar-refractivity contribution in [2.45, 2.75) is 136 Å². The van der Waals surface area contributed by atoms with Crippen LogP contribution in [0.15, 0.2) is 36.9 Å². The van der Waals surface area contributed by atoms with Gasteiger partial charge < -0.3 is 52.0 Å². The Kier molecular flexibility index (Phi) is 21.9. The Balaban J connectivity index is 3.54. The quantitative estimate of drug-likeness (QED) is 0.0440. The Labute approximate surface area is 349 Å². The Bertz CT molecular complexity index is 1720. The van der Waals surface area contributed by atoms with E-state index in [0.29, 0.717) is 24.7 Å². The van der Waals surface area contributed by atoms with Crippen LogP contribution < -0.4 is 31.9 Å². The predicted molar refractivity (Wildman–Crippen MR) is 217 cm³/mol. The molecule has 0 bridgehead atoms. The summed E-state index contributed by atoms with van der Waals surface area (Å²) in [5.74, 6) is -9.74. The van der Waals surface area contributed by atoms with E-state index in [0.717, 1.165) is 5.56 Å². The van der Waals surface area contributed by atoms with Gasteiger partial charge in [0.2, 0.25) is 35.4 Å². The van der Waals surface area contributed by atoms with Gasteiger partial charge in [-0.15, -0.1) is 6.58 Å². The molecule has 6 amide bonds. The number of hydrogen-bond donors (Lipinski definition) is 9. The van der Waals surface area contributed by atoms with Crippen LogP contribution in [0.25, 0.3) is 0 Å². The topological polar surface area (TPSA) is 304 Å². The van der Waals surface area contributed by atoms with Gasteiger partial charge >= 0.3 is 17.9 Å². The molecule has 0 aliphatic heterocycles. The number of hydrogen-bond acceptors (Lipinski definition) is 10. The molecular formula is C41H60N6O13. The lowest BCUT2D eigenvalue weighted by Gasteiger charge is -2.33. The number of carboxylic acid groups (broad SMARTS) is 3. The summed E-state index contributed by atoms with van der Waals surface area (Å²) in [5.41, 5.74) is 0.336. The third-order valence-electron chi connectivity index (χ3n) is 9.12. The first-order chi connectivity index (χ1) is 28.0. The van der Waals surface area contributed by atoms with Crippen LogP contribution in [0.1, 0.15) is 97.1 Å². The van der Waals surface area contributed by atoms with Crippen LogP contribution in [0.4, 0.5) is 0 Å². The van der Waals surface area contributed by atoms with E-state index >= 15 is 0 Å². The fourth-order valence-electron chi connectivity index (χ4n) is 5.85. The minimum Gasteiger partial charge on any atom is -0.481 e. The second-order valence-corrected chi connectivity index (χ2v) is 15.9. The third-order valence-corrected chi connectivity index (χ3v) is 9.12. The summed E-state index contributed by atoms with van der Waals surface area (Å²) in [7, 11) is 0. The van der Waals surface area contributed by atoms with Gasteiger partial charge in [0.1, 0.15) is 36.5 Å². The van der Waals surface area contributed by atoms with Gasteiger partial charge in [0, 0.05) is 19.3 Å². The van der Waals surface area contributed by atoms with E-state index in [1.54, 1.807) is 58.0 Å². The number of aliphatic carboxylic acids is 3. The summed E-state index contributed by atoms with van der Waals surface area (Å²) in [4.78, 5) is 127. The number of nitrogens with one attached hydrogen (secondary N) is 6. The Morgan fingerprint density at radius 2 is 1.22 bits per heavy atom. The SMILES string of the molecule is C=CCCC(C=O)NC(=O)[C@H](CC(C)C)NC(=O)[C@@H](NC(=O)[C@H](Cc1ccccc1C)NC(=O)[C@H](CCC(=O)O)NC(=O)[C@H](CC(=O)O)NC(=O)CCC(=O)O)C(C)(C)C. The number of carbonyl (C=O) groups excluding carboxylic acids is 7. The molecule has 0 fully saturated rings. The molecule has 0 heterocycles. The molecule has 9 N–H and O–H groups in total. The number of aldehydes is 1. The molecule has 19 nitrogen and oxygen atoms in total. The van der Waals surface area contributed by atoms with Crippen LogP contribution in [-0.4, -0.2) is 111 Å². The third kappa shape index (κ3) is 19.5. The van der Waals surface area contributed by atoms with Gasteiger partial charge in [-0.25, -0.2) is 0 Å². The predicted octanol–water partition coefficient (Wildman–Crippen LogP) is 0.908. The zero-order valence-corrected chi connectivity index (χ0v) is 35.0. The van der Waals surface area contributed by atoms with Crippen molar-refractivity contribution in [3.05, 3.63) is 48.0 Å². The van der Waals surface area contributed by atoms with E-state index in [9.17, 15) is 58.2 Å². The van der Waals surface area contributed by atoms with Crippen molar-refractivity contribution in [1.29, 1.82) is 0 Å². The average Bonchev–Trinajstić information content (AvgIpc) is 3.14. The van der Waals surface area contributed by atoms with Crippen LogP contribution in [0, 0.1) is 18.3 Å². The van der Waals surface area contributed by atoms with Gasteiger partial charge in [0.25, 0.3) is 0 Å². The lowest BCUT2D eigenvalue weighted by Crippen LogP contribution is -2.62. The lowest BCUT2D eigenvalue weighted by molar-refractivity contribution is -0.142. The molecular weight excluding hydrogens is 784 g/mol. The molecule has 0 aliphatic rings. The van der Waals surface area contributed by atoms with Crippen LogP contribution in [-0.2, 0) is 54.4 Å². The number of amides is 6. The molecule has 0 aromatic heterocycles. The molecule has 1 rings (SSSR count). The summed E-state index contributed by atoms with van der Waals surface area (Å²) >= 11 is 0. The number of rotatable bonds is 27. The Morgan fingerprint density at radius 1 is 0.667 bits per heavy atom. The second kappa shape index (κ2) is 25.4. The van der Waals surface area contributed by atoms with Crippen molar-refractivity contribution in [3.8, 4) is 0 Å². The minimum atomic E-state index is -1.79. The summed E-state index contributed by atoms with van der Waals surface area (Å²) in [6, 6.07) is -1.29. The van der Waals surface area contributed by atoms with E-state index < -0.39 is 127 Å². The highest BCUT2D eigenvalue weighted by atomic mass is 16.4. The molecule has 1 aromatic rings. The maximum absolute atomic E-state index is 14.2. The normalized spacial score (nSPS) is 14.1. The zero-order chi connectivity index (χ0) is 45.7. The molecule has 19 heteroatoms. The summed E-state index contributed by atoms with van der Waals surface area (Å²) in [6.07, 6.45) is -0.417. The van der Waals surface area contributed by atoms with E-state index in [2.05, 4.69) is 38.5 Å². The van der Waals surface area contributed by atoms with E-state index in [-0.39, 0.29) is 18.8 Å². The van der Waals surface area contributed by atoms with E-state index in [1.807, 2.05) is 13.8 Å². The van der Waals surface area contributed by atoms with Crippen molar-refractivity contribution in [1.82, 2.24) is 31.9 Å². The molecule has 60 heavy (non-hydrogen) atoms. The highest BCUT2D eigenvalue weighted by Crippen LogP contribution is 2.21. The molecule has 332 valence electrons. The van der Waals surface area contributed by atoms with Gasteiger partial charge in [0.05, 0.1) is 18.9 Å². The van der Waals surface area contributed by atoms with Crippen LogP contribution in [0.2, 0.25) is 0 Å². The average molecular weight is 845 g/mol. The van der Waals surface area contributed by atoms with Crippen molar-refractivity contribution in [2.75, 3.05) is 0 Å². The molecule has 0 saturated heterocycles. The van der Waals surface area contributed by atoms with Crippen molar-refractivity contribution >= 4 is 59.6 Å². The fraction of sp³-hybridized carbons (Fsp3) is 0.561. The first-order valence-corrected chi connectivity index (χ1v) is 19.6. The second-order valence-electron chi connectivity index (χ2n) is 15.9. The number of benzene rings is 1. The number of allylic oxidation sites excluding steroid dienone is 1. The van der Waals surface area contributed by atoms with E-state index in [4.69, 9.17) is 5.11 Å². The van der Waals surface area contributed by atoms with Crippen molar-refractivity contribution in [2.24, 2.45) is 11.3 Å². The van der Waals surface area contributed by atoms with Gasteiger partial charge in [0.15, 0.2) is 0 Å². The summed E-state index contributed by atoms with van der Waals surface area (Å²) < 4.78 is 0. The van der Waals surface area contributed by atoms with Crippen LogP contribution >= 0.6 is 0 Å². The van der Waals surface area contributed by atoms with Gasteiger partial charge in [-0.2, -0.15) is 0 Å². The number of aryl methyl sites for hydroxylation is 1. The molecule has 0 radical (unpaired) electrons. The Morgan fingerprint density at radius 3 is 1.75 bits per heavy atom. The van der Waals surface area contributed by atoms with Gasteiger partial charge in [-0.3, -0.25) is 43.2 Å². The number of carbonyl (C=O) groups is 10. The first-order valence-electron chi connectivity index (χ1n) is 19.6. The highest BCUT2D eigenvalue weighted by Gasteiger charge is 2.38. The minimum absolute atomic E-state index is 0.0811. The Hall–Kier alpha value is -6.14. The van der Waals surface area contributed by atoms with Crippen molar-refractivity contribution < 1.29 is 63.3 Å². The molecule has 0 aliphatic carbocycles. The van der Waals surface area contributed by atoms with Gasteiger partial charge in [-0.05, 0) is 55.1 Å². The number of carboxylic acids is 3.